The first-order chi connectivity index (χ1) is 5.88. The monoisotopic (exact) mass is 166 g/mol. The number of allylic oxidation sites excluding steroid dienone is 2. The lowest BCUT2D eigenvalue weighted by atomic mass is 9.66. The van der Waals surface area contributed by atoms with Gasteiger partial charge in [-0.05, 0) is 0 Å². The Labute approximate surface area is 72.9 Å². The summed E-state index contributed by atoms with van der Waals surface area (Å²) in [5, 5.41) is 0. The molecular formula is C10H14O2. The lowest BCUT2D eigenvalue weighted by Crippen LogP contribution is -2.56. The molecule has 2 aliphatic carbocycles. The van der Waals surface area contributed by atoms with Crippen molar-refractivity contribution in [1.29, 1.82) is 0 Å². The molecule has 66 valence electrons. The van der Waals surface area contributed by atoms with Gasteiger partial charge in [-0.25, -0.2) is 0 Å². The van der Waals surface area contributed by atoms with Gasteiger partial charge in [0.2, 0.25) is 0 Å². The van der Waals surface area contributed by atoms with Gasteiger partial charge in [0.15, 0.2) is 0 Å². The number of ether oxygens (including phenoxy) is 2. The second kappa shape index (κ2) is 3.04. The second-order valence-corrected chi connectivity index (χ2v) is 3.33. The van der Waals surface area contributed by atoms with Crippen LogP contribution >= 0.6 is 0 Å². The standard InChI is InChI=1S/C10H14O2/c1-11-9-7-5-3-4-6-8(7)10(9)12-2/h3-10H,1-2H3/t7?,8?,9-,10?/m1/s1. The van der Waals surface area contributed by atoms with Crippen molar-refractivity contribution in [2.24, 2.45) is 11.8 Å². The van der Waals surface area contributed by atoms with Crippen LogP contribution in [0.1, 0.15) is 0 Å². The second-order valence-electron chi connectivity index (χ2n) is 3.33. The van der Waals surface area contributed by atoms with Crippen molar-refractivity contribution in [2.45, 2.75) is 12.2 Å². The van der Waals surface area contributed by atoms with E-state index >= 15 is 0 Å². The molecule has 0 bridgehead atoms. The fourth-order valence-corrected chi connectivity index (χ4v) is 2.17. The molecule has 2 aliphatic rings. The molecule has 4 atom stereocenters. The zero-order valence-electron chi connectivity index (χ0n) is 7.44. The maximum Gasteiger partial charge on any atom is 0.0907 e. The fraction of sp³-hybridized carbons (Fsp3) is 0.600. The highest BCUT2D eigenvalue weighted by Gasteiger charge is 2.49. The van der Waals surface area contributed by atoms with E-state index in [9.17, 15) is 0 Å². The quantitative estimate of drug-likeness (QED) is 0.617. The fourth-order valence-electron chi connectivity index (χ4n) is 2.17. The molecule has 0 aromatic carbocycles. The summed E-state index contributed by atoms with van der Waals surface area (Å²) in [5.74, 6) is 1.06. The SMILES string of the molecule is COC1C2C=CC=CC2[C@H]1OC. The van der Waals surface area contributed by atoms with Crippen LogP contribution in [0.3, 0.4) is 0 Å². The highest BCUT2D eigenvalue weighted by molar-refractivity contribution is 5.23. The van der Waals surface area contributed by atoms with E-state index in [1.807, 2.05) is 0 Å². The van der Waals surface area contributed by atoms with Crippen molar-refractivity contribution in [3.8, 4) is 0 Å². The van der Waals surface area contributed by atoms with Crippen LogP contribution in [0.25, 0.3) is 0 Å². The Hall–Kier alpha value is -0.600. The van der Waals surface area contributed by atoms with E-state index in [0.29, 0.717) is 11.8 Å². The molecule has 0 saturated heterocycles. The van der Waals surface area contributed by atoms with Gasteiger partial charge in [-0.2, -0.15) is 0 Å². The van der Waals surface area contributed by atoms with Crippen LogP contribution in [0, 0.1) is 11.8 Å². The van der Waals surface area contributed by atoms with Gasteiger partial charge in [0.1, 0.15) is 0 Å². The molecule has 12 heavy (non-hydrogen) atoms. The van der Waals surface area contributed by atoms with Crippen molar-refractivity contribution in [3.63, 3.8) is 0 Å². The van der Waals surface area contributed by atoms with Crippen LogP contribution < -0.4 is 0 Å². The number of methoxy groups -OCH3 is 2. The van der Waals surface area contributed by atoms with Gasteiger partial charge in [-0.3, -0.25) is 0 Å². The topological polar surface area (TPSA) is 18.5 Å². The molecule has 0 spiro atoms. The molecule has 0 radical (unpaired) electrons. The first kappa shape index (κ1) is 8.02. The van der Waals surface area contributed by atoms with Crippen LogP contribution in [0.2, 0.25) is 0 Å². The molecule has 2 heteroatoms. The molecule has 0 aromatic heterocycles. The van der Waals surface area contributed by atoms with Gasteiger partial charge < -0.3 is 9.47 Å². The first-order valence-corrected chi connectivity index (χ1v) is 4.29. The molecular weight excluding hydrogens is 152 g/mol. The van der Waals surface area contributed by atoms with Gasteiger partial charge in [0.05, 0.1) is 12.2 Å². The van der Waals surface area contributed by atoms with Gasteiger partial charge in [-0.15, -0.1) is 0 Å². The maximum atomic E-state index is 5.35. The minimum atomic E-state index is 0.251. The minimum absolute atomic E-state index is 0.251. The third kappa shape index (κ3) is 0.952. The summed E-state index contributed by atoms with van der Waals surface area (Å²) >= 11 is 0. The average molecular weight is 166 g/mol. The highest BCUT2D eigenvalue weighted by Crippen LogP contribution is 2.42. The van der Waals surface area contributed by atoms with Gasteiger partial charge in [0, 0.05) is 26.1 Å². The Morgan fingerprint density at radius 3 is 1.58 bits per heavy atom. The molecule has 0 N–H and O–H groups in total. The van der Waals surface area contributed by atoms with Crippen LogP contribution in [-0.2, 0) is 9.47 Å². The zero-order chi connectivity index (χ0) is 8.55. The van der Waals surface area contributed by atoms with Crippen molar-refractivity contribution < 1.29 is 9.47 Å². The molecule has 3 unspecified atom stereocenters. The first-order valence-electron chi connectivity index (χ1n) is 4.29. The number of hydrogen-bond donors (Lipinski definition) is 0. The molecule has 0 aromatic rings. The Morgan fingerprint density at radius 2 is 1.25 bits per heavy atom. The molecule has 1 fully saturated rings. The van der Waals surface area contributed by atoms with Crippen molar-refractivity contribution >= 4 is 0 Å². The third-order valence-corrected chi connectivity index (χ3v) is 2.85. The molecule has 0 amide bonds. The molecule has 2 nitrogen and oxygen atoms in total. The van der Waals surface area contributed by atoms with Crippen LogP contribution in [0.5, 0.6) is 0 Å². The van der Waals surface area contributed by atoms with E-state index in [1.165, 1.54) is 0 Å². The smallest absolute Gasteiger partial charge is 0.0907 e. The van der Waals surface area contributed by atoms with E-state index in [2.05, 4.69) is 24.3 Å². The normalized spacial score (nSPS) is 43.8. The zero-order valence-corrected chi connectivity index (χ0v) is 7.44. The largest absolute Gasteiger partial charge is 0.378 e. The van der Waals surface area contributed by atoms with Crippen LogP contribution in [0.15, 0.2) is 24.3 Å². The Bertz CT molecular complexity index is 196. The lowest BCUT2D eigenvalue weighted by Gasteiger charge is -2.48. The minimum Gasteiger partial charge on any atom is -0.378 e. The maximum absolute atomic E-state index is 5.35. The Balaban J connectivity index is 2.10. The predicted octanol–water partition coefficient (Wildman–Crippen LogP) is 1.39. The van der Waals surface area contributed by atoms with E-state index < -0.39 is 0 Å². The van der Waals surface area contributed by atoms with Crippen molar-refractivity contribution in [1.82, 2.24) is 0 Å². The Kier molecular flexibility index (Phi) is 2.03. The van der Waals surface area contributed by atoms with Crippen molar-refractivity contribution in [3.05, 3.63) is 24.3 Å². The lowest BCUT2D eigenvalue weighted by molar-refractivity contribution is -0.153. The van der Waals surface area contributed by atoms with Crippen molar-refractivity contribution in [2.75, 3.05) is 14.2 Å². The highest BCUT2D eigenvalue weighted by atomic mass is 16.5. The van der Waals surface area contributed by atoms with Gasteiger partial charge >= 0.3 is 0 Å². The van der Waals surface area contributed by atoms with Gasteiger partial charge in [-0.1, -0.05) is 24.3 Å². The summed E-state index contributed by atoms with van der Waals surface area (Å²) < 4.78 is 10.7. The average Bonchev–Trinajstić information content (AvgIpc) is 2.08. The summed E-state index contributed by atoms with van der Waals surface area (Å²) in [6.45, 7) is 0. The van der Waals surface area contributed by atoms with E-state index in [4.69, 9.17) is 9.47 Å². The number of hydrogen-bond acceptors (Lipinski definition) is 2. The molecule has 1 saturated carbocycles. The Morgan fingerprint density at radius 1 is 0.833 bits per heavy atom. The van der Waals surface area contributed by atoms with Gasteiger partial charge in [0.25, 0.3) is 0 Å². The van der Waals surface area contributed by atoms with E-state index in [0.717, 1.165) is 0 Å². The van der Waals surface area contributed by atoms with E-state index in [1.54, 1.807) is 14.2 Å². The van der Waals surface area contributed by atoms with E-state index in [-0.39, 0.29) is 12.2 Å². The van der Waals surface area contributed by atoms with Crippen LogP contribution in [-0.4, -0.2) is 26.4 Å². The summed E-state index contributed by atoms with van der Waals surface area (Å²) in [6.07, 6.45) is 9.07. The summed E-state index contributed by atoms with van der Waals surface area (Å²) in [6, 6.07) is 0. The summed E-state index contributed by atoms with van der Waals surface area (Å²) in [7, 11) is 3.50. The summed E-state index contributed by atoms with van der Waals surface area (Å²) in [5.41, 5.74) is 0. The summed E-state index contributed by atoms with van der Waals surface area (Å²) in [4.78, 5) is 0. The third-order valence-electron chi connectivity index (χ3n) is 2.85. The van der Waals surface area contributed by atoms with Crippen LogP contribution in [0.4, 0.5) is 0 Å². The number of rotatable bonds is 2. The predicted molar refractivity (Wildman–Crippen MR) is 46.9 cm³/mol. The molecule has 2 rings (SSSR count). The molecule has 0 aliphatic heterocycles. The molecule has 0 heterocycles. The number of fused-ring (bicyclic) bond motifs is 1.